The minimum absolute atomic E-state index is 0. The number of allylic oxidation sites excluding steroid dienone is 3. The van der Waals surface area contributed by atoms with Crippen molar-refractivity contribution in [2.75, 3.05) is 0 Å². The third kappa shape index (κ3) is 10.9. The molecule has 0 nitrogen and oxygen atoms in total. The van der Waals surface area contributed by atoms with Crippen LogP contribution in [0.5, 0.6) is 0 Å². The first kappa shape index (κ1) is 12.7. The van der Waals surface area contributed by atoms with E-state index in [0.717, 1.165) is 6.42 Å². The van der Waals surface area contributed by atoms with Crippen molar-refractivity contribution in [3.63, 3.8) is 0 Å². The summed E-state index contributed by atoms with van der Waals surface area (Å²) in [5.74, 6) is 0. The van der Waals surface area contributed by atoms with Gasteiger partial charge in [-0.05, 0) is 0 Å². The average molecular weight is 187 g/mol. The largest absolute Gasteiger partial charge is 1.00 e. The maximum atomic E-state index is 3.54. The molecule has 0 N–H and O–H groups in total. The zero-order valence-electron chi connectivity index (χ0n) is 6.49. The molecule has 0 aromatic carbocycles. The summed E-state index contributed by atoms with van der Waals surface area (Å²) in [5, 5.41) is 0. The van der Waals surface area contributed by atoms with E-state index >= 15 is 0 Å². The molecular formula is C9H15Cu. The second kappa shape index (κ2) is 11.8. The first-order valence-corrected chi connectivity index (χ1v) is 3.60. The zero-order chi connectivity index (χ0) is 6.95. The van der Waals surface area contributed by atoms with Crippen LogP contribution in [-0.4, -0.2) is 0 Å². The molecule has 0 amide bonds. The Bertz CT molecular complexity index is 84.7. The Hall–Kier alpha value is -0.000519. The van der Waals surface area contributed by atoms with Gasteiger partial charge in [0.15, 0.2) is 0 Å². The van der Waals surface area contributed by atoms with E-state index < -0.39 is 0 Å². The summed E-state index contributed by atoms with van der Waals surface area (Å²) in [6.07, 6.45) is 11.8. The zero-order valence-corrected chi connectivity index (χ0v) is 7.43. The summed E-state index contributed by atoms with van der Waals surface area (Å²) >= 11 is 0. The van der Waals surface area contributed by atoms with Crippen molar-refractivity contribution in [3.8, 4) is 0 Å². The molecule has 0 spiro atoms. The topological polar surface area (TPSA) is 0 Å². The van der Waals surface area contributed by atoms with Crippen LogP contribution < -0.4 is 0 Å². The Morgan fingerprint density at radius 3 is 2.60 bits per heavy atom. The maximum Gasteiger partial charge on any atom is 1.00 e. The fourth-order valence-electron chi connectivity index (χ4n) is 0.663. The van der Waals surface area contributed by atoms with E-state index in [-0.39, 0.29) is 17.1 Å². The van der Waals surface area contributed by atoms with Gasteiger partial charge in [0.2, 0.25) is 0 Å². The van der Waals surface area contributed by atoms with Gasteiger partial charge in [0.1, 0.15) is 0 Å². The molecule has 0 aromatic rings. The molecule has 0 bridgehead atoms. The second-order valence-electron chi connectivity index (χ2n) is 2.07. The molecule has 1 heteroatoms. The van der Waals surface area contributed by atoms with Gasteiger partial charge in [0.05, 0.1) is 0 Å². The third-order valence-electron chi connectivity index (χ3n) is 1.19. The summed E-state index contributed by atoms with van der Waals surface area (Å²) < 4.78 is 0. The molecule has 0 unspecified atom stereocenters. The summed E-state index contributed by atoms with van der Waals surface area (Å²) in [6.45, 7) is 5.75. The van der Waals surface area contributed by atoms with Crippen molar-refractivity contribution < 1.29 is 17.1 Å². The van der Waals surface area contributed by atoms with Crippen molar-refractivity contribution in [1.82, 2.24) is 0 Å². The van der Waals surface area contributed by atoms with E-state index in [1.165, 1.54) is 19.3 Å². The van der Waals surface area contributed by atoms with E-state index in [1.807, 2.05) is 6.08 Å². The Morgan fingerprint density at radius 1 is 1.40 bits per heavy atom. The molecule has 0 aliphatic heterocycles. The number of hydrogen-bond acceptors (Lipinski definition) is 0. The van der Waals surface area contributed by atoms with Crippen LogP contribution in [0.15, 0.2) is 18.7 Å². The van der Waals surface area contributed by atoms with Crippen molar-refractivity contribution in [1.29, 1.82) is 0 Å². The van der Waals surface area contributed by atoms with Crippen LogP contribution in [0.2, 0.25) is 0 Å². The molecule has 0 radical (unpaired) electrons. The van der Waals surface area contributed by atoms with Gasteiger partial charge in [-0.15, -0.1) is 0 Å². The van der Waals surface area contributed by atoms with Gasteiger partial charge in [0.25, 0.3) is 0 Å². The third-order valence-corrected chi connectivity index (χ3v) is 1.19. The van der Waals surface area contributed by atoms with Gasteiger partial charge < -0.3 is 0 Å². The molecule has 0 atom stereocenters. The van der Waals surface area contributed by atoms with E-state index in [2.05, 4.69) is 19.6 Å². The van der Waals surface area contributed by atoms with Crippen LogP contribution in [0.3, 0.4) is 0 Å². The van der Waals surface area contributed by atoms with Crippen LogP contribution in [0.1, 0.15) is 32.6 Å². The SMILES string of the molecule is C=C[C-]=CCCCCC.[Cu+]. The number of hydrogen-bond donors (Lipinski definition) is 0. The molecule has 0 aliphatic rings. The van der Waals surface area contributed by atoms with E-state index in [1.54, 1.807) is 6.08 Å². The fraction of sp³-hybridized carbons (Fsp3) is 0.556. The molecule has 0 saturated carbocycles. The van der Waals surface area contributed by atoms with Gasteiger partial charge in [-0.3, -0.25) is 6.08 Å². The summed E-state index contributed by atoms with van der Waals surface area (Å²) in [6, 6.07) is 0. The molecule has 0 fully saturated rings. The predicted molar refractivity (Wildman–Crippen MR) is 42.2 cm³/mol. The van der Waals surface area contributed by atoms with Crippen LogP contribution >= 0.6 is 0 Å². The van der Waals surface area contributed by atoms with Crippen molar-refractivity contribution in [3.05, 3.63) is 24.8 Å². The Kier molecular flexibility index (Phi) is 14.9. The Labute approximate surface area is 74.9 Å². The molecule has 62 valence electrons. The van der Waals surface area contributed by atoms with Crippen molar-refractivity contribution >= 4 is 0 Å². The molecule has 0 aliphatic carbocycles. The predicted octanol–water partition coefficient (Wildman–Crippen LogP) is 3.11. The molecule has 0 saturated heterocycles. The first-order chi connectivity index (χ1) is 4.41. The van der Waals surface area contributed by atoms with Crippen LogP contribution in [0.4, 0.5) is 0 Å². The minimum Gasteiger partial charge on any atom is -0.255 e. The average Bonchev–Trinajstić information content (AvgIpc) is 1.89. The molecule has 0 aromatic heterocycles. The van der Waals surface area contributed by atoms with Crippen LogP contribution in [-0.2, 0) is 17.1 Å². The molecule has 10 heavy (non-hydrogen) atoms. The maximum absolute atomic E-state index is 3.54. The summed E-state index contributed by atoms with van der Waals surface area (Å²) in [7, 11) is 0. The van der Waals surface area contributed by atoms with Gasteiger partial charge in [-0.2, -0.15) is 6.08 Å². The smallest absolute Gasteiger partial charge is 0.255 e. The summed E-state index contributed by atoms with van der Waals surface area (Å²) in [5.41, 5.74) is 0. The Balaban J connectivity index is 0. The van der Waals surface area contributed by atoms with Crippen molar-refractivity contribution in [2.24, 2.45) is 0 Å². The van der Waals surface area contributed by atoms with Crippen molar-refractivity contribution in [2.45, 2.75) is 32.6 Å². The van der Waals surface area contributed by atoms with Crippen LogP contribution in [0, 0.1) is 6.08 Å². The van der Waals surface area contributed by atoms with E-state index in [9.17, 15) is 0 Å². The van der Waals surface area contributed by atoms with E-state index in [0.29, 0.717) is 0 Å². The van der Waals surface area contributed by atoms with Gasteiger partial charge in [-0.25, -0.2) is 12.7 Å². The monoisotopic (exact) mass is 186 g/mol. The summed E-state index contributed by atoms with van der Waals surface area (Å²) in [4.78, 5) is 0. The second-order valence-corrected chi connectivity index (χ2v) is 2.07. The number of rotatable bonds is 5. The quantitative estimate of drug-likeness (QED) is 0.268. The standard InChI is InChI=1S/C9H15.Cu/c1-3-5-7-9-8-6-4-2;/h3,7H,1,4,6,8-9H2,2H3;/q-1;+1. The minimum atomic E-state index is 0. The first-order valence-electron chi connectivity index (χ1n) is 3.60. The van der Waals surface area contributed by atoms with Gasteiger partial charge >= 0.3 is 17.1 Å². The normalized spacial score (nSPS) is 9.30. The molecular weight excluding hydrogens is 172 g/mol. The van der Waals surface area contributed by atoms with Crippen LogP contribution in [0.25, 0.3) is 0 Å². The number of unbranched alkanes of at least 4 members (excludes halogenated alkanes) is 3. The molecule has 0 heterocycles. The Morgan fingerprint density at radius 2 is 2.10 bits per heavy atom. The van der Waals surface area contributed by atoms with Gasteiger partial charge in [-0.1, -0.05) is 32.6 Å². The molecule has 0 rings (SSSR count). The van der Waals surface area contributed by atoms with E-state index in [4.69, 9.17) is 0 Å². The van der Waals surface area contributed by atoms with Gasteiger partial charge in [0, 0.05) is 0 Å². The fourth-order valence-corrected chi connectivity index (χ4v) is 0.663.